The molecule has 1 N–H and O–H groups in total. The molecule has 4 nitrogen and oxygen atoms in total. The lowest BCUT2D eigenvalue weighted by Crippen LogP contribution is -2.12. The third kappa shape index (κ3) is 8.19. The molecule has 4 heteroatoms. The molecule has 120 valence electrons. The minimum Gasteiger partial charge on any atom is -0.508 e. The molecule has 0 amide bonds. The maximum absolute atomic E-state index is 11.2. The van der Waals surface area contributed by atoms with Crippen molar-refractivity contribution in [1.82, 2.24) is 0 Å². The smallest absolute Gasteiger partial charge is 0.338 e. The van der Waals surface area contributed by atoms with Gasteiger partial charge in [-0.15, -0.1) is 0 Å². The van der Waals surface area contributed by atoms with E-state index < -0.39 is 12.1 Å². The van der Waals surface area contributed by atoms with E-state index in [0.29, 0.717) is 18.5 Å². The first-order valence-corrected chi connectivity index (χ1v) is 7.69. The number of unbranched alkanes of at least 4 members (excludes halogenated alkanes) is 1. The topological polar surface area (TPSA) is 50.9 Å². The van der Waals surface area contributed by atoms with Crippen LogP contribution in [0.15, 0.2) is 23.0 Å². The highest BCUT2D eigenvalue weighted by atomic mass is 16.6. The monoisotopic (exact) mass is 296 g/mol. The number of aliphatic hydroxyl groups is 1. The lowest BCUT2D eigenvalue weighted by molar-refractivity contribution is -0.140. The average molecular weight is 296 g/mol. The second-order valence-corrected chi connectivity index (χ2v) is 4.21. The van der Waals surface area contributed by atoms with Crippen LogP contribution in [-0.2, 0) is 9.53 Å². The van der Waals surface area contributed by atoms with Crippen molar-refractivity contribution in [2.45, 2.75) is 66.9 Å². The number of carbonyl (C=O) groups is 1. The molecule has 0 aromatic carbocycles. The van der Waals surface area contributed by atoms with Crippen LogP contribution in [0.2, 0.25) is 0 Å². The number of rotatable bonds is 5. The van der Waals surface area contributed by atoms with Crippen LogP contribution in [0.25, 0.3) is 4.85 Å². The fourth-order valence-electron chi connectivity index (χ4n) is 1.66. The molecule has 21 heavy (non-hydrogen) atoms. The van der Waals surface area contributed by atoms with Crippen molar-refractivity contribution in [1.29, 1.82) is 0 Å². The first kappa shape index (κ1) is 21.5. The van der Waals surface area contributed by atoms with E-state index in [9.17, 15) is 9.90 Å². The lowest BCUT2D eigenvalue weighted by atomic mass is 10.1. The predicted molar refractivity (Wildman–Crippen MR) is 88.7 cm³/mol. The van der Waals surface area contributed by atoms with Gasteiger partial charge in [0.2, 0.25) is 0 Å². The number of ether oxygens (including phenoxy) is 1. The van der Waals surface area contributed by atoms with E-state index in [1.807, 2.05) is 34.6 Å². The van der Waals surface area contributed by atoms with Gasteiger partial charge < -0.3 is 9.84 Å². The predicted octanol–water partition coefficient (Wildman–Crippen LogP) is 4.88. The first-order chi connectivity index (χ1) is 10.1. The number of hydrogen-bond acceptors (Lipinski definition) is 3. The standard InChI is InChI=1S/C13H17NO3.2C2H6/c1-9(6-4-5-7-14-3)8-11-12(15)10(2)13(16)17-11;2*1-2/h3,6,11H,4-5,7-8H2,1-2H3;2*1-2H3/p+1/b9-6+;;. The summed E-state index contributed by atoms with van der Waals surface area (Å²) in [5.41, 5.74) is 1.39. The maximum Gasteiger partial charge on any atom is 0.338 e. The van der Waals surface area contributed by atoms with Gasteiger partial charge in [-0.3, -0.25) is 0 Å². The van der Waals surface area contributed by atoms with Crippen molar-refractivity contribution in [2.75, 3.05) is 6.54 Å². The highest BCUT2D eigenvalue weighted by Gasteiger charge is 2.31. The molecule has 1 heterocycles. The molecular weight excluding hydrogens is 266 g/mol. The van der Waals surface area contributed by atoms with Crippen molar-refractivity contribution < 1.29 is 14.6 Å². The van der Waals surface area contributed by atoms with E-state index in [1.165, 1.54) is 0 Å². The average Bonchev–Trinajstić information content (AvgIpc) is 2.75. The SMILES string of the molecule is C#[N+]CCC/C=C(\C)CC1OC(=O)C(C)=C1O.CC.CC. The van der Waals surface area contributed by atoms with Gasteiger partial charge in [-0.2, -0.15) is 0 Å². The number of cyclic esters (lactones) is 1. The van der Waals surface area contributed by atoms with Crippen LogP contribution in [0.3, 0.4) is 0 Å². The van der Waals surface area contributed by atoms with Crippen LogP contribution in [0.5, 0.6) is 0 Å². The van der Waals surface area contributed by atoms with Gasteiger partial charge in [0.1, 0.15) is 5.76 Å². The molecule has 0 aromatic rings. The van der Waals surface area contributed by atoms with Crippen LogP contribution in [0.1, 0.15) is 60.8 Å². The van der Waals surface area contributed by atoms with Gasteiger partial charge in [-0.25, -0.2) is 4.79 Å². The molecule has 0 saturated heterocycles. The normalized spacial score (nSPS) is 17.1. The number of esters is 1. The number of carbonyl (C=O) groups excluding carboxylic acids is 1. The Morgan fingerprint density at radius 3 is 2.38 bits per heavy atom. The first-order valence-electron chi connectivity index (χ1n) is 7.69. The molecule has 1 unspecified atom stereocenters. The van der Waals surface area contributed by atoms with Gasteiger partial charge in [-0.05, 0) is 20.3 Å². The molecule has 0 bridgehead atoms. The van der Waals surface area contributed by atoms with Gasteiger partial charge in [0.15, 0.2) is 6.10 Å². The third-order valence-corrected chi connectivity index (χ3v) is 2.74. The Morgan fingerprint density at radius 1 is 1.38 bits per heavy atom. The molecule has 1 aliphatic rings. The van der Waals surface area contributed by atoms with E-state index in [2.05, 4.69) is 10.9 Å². The number of hydrogen-bond donors (Lipinski definition) is 1. The summed E-state index contributed by atoms with van der Waals surface area (Å²) >= 11 is 0. The molecule has 1 atom stereocenters. The Kier molecular flexibility index (Phi) is 13.6. The summed E-state index contributed by atoms with van der Waals surface area (Å²) in [6.07, 6.45) is 3.86. The van der Waals surface area contributed by atoms with Crippen LogP contribution >= 0.6 is 0 Å². The molecule has 0 aromatic heterocycles. The Morgan fingerprint density at radius 2 is 1.95 bits per heavy atom. The highest BCUT2D eigenvalue weighted by molar-refractivity contribution is 5.91. The van der Waals surface area contributed by atoms with Crippen molar-refractivity contribution in [3.05, 3.63) is 27.8 Å². The van der Waals surface area contributed by atoms with E-state index in [4.69, 9.17) is 11.3 Å². The summed E-state index contributed by atoms with van der Waals surface area (Å²) in [5.74, 6) is -0.373. The summed E-state index contributed by atoms with van der Waals surface area (Å²) in [4.78, 5) is 14.7. The van der Waals surface area contributed by atoms with Gasteiger partial charge in [-0.1, -0.05) is 44.2 Å². The molecule has 0 saturated carbocycles. The van der Waals surface area contributed by atoms with Crippen molar-refractivity contribution in [3.8, 4) is 6.57 Å². The zero-order valence-corrected chi connectivity index (χ0v) is 14.3. The largest absolute Gasteiger partial charge is 0.508 e. The minimum absolute atomic E-state index is 0.0553. The summed E-state index contributed by atoms with van der Waals surface area (Å²) in [6, 6.07) is 0. The molecule has 1 aliphatic heterocycles. The van der Waals surface area contributed by atoms with E-state index >= 15 is 0 Å². The molecule has 1 rings (SSSR count). The van der Waals surface area contributed by atoms with Crippen LogP contribution in [0.4, 0.5) is 0 Å². The van der Waals surface area contributed by atoms with Crippen LogP contribution in [0, 0.1) is 6.57 Å². The quantitative estimate of drug-likeness (QED) is 0.447. The van der Waals surface area contributed by atoms with E-state index in [1.54, 1.807) is 6.92 Å². The summed E-state index contributed by atoms with van der Waals surface area (Å²) in [5, 5.41) is 9.66. The highest BCUT2D eigenvalue weighted by Crippen LogP contribution is 2.25. The Bertz CT molecular complexity index is 403. The molecule has 0 aliphatic carbocycles. The Hall–Kier alpha value is -1.76. The molecule has 0 radical (unpaired) electrons. The van der Waals surface area contributed by atoms with Gasteiger partial charge in [0.25, 0.3) is 13.1 Å². The van der Waals surface area contributed by atoms with Crippen LogP contribution < -0.4 is 0 Å². The summed E-state index contributed by atoms with van der Waals surface area (Å²) in [7, 11) is 0. The van der Waals surface area contributed by atoms with Crippen molar-refractivity contribution in [3.63, 3.8) is 0 Å². The van der Waals surface area contributed by atoms with Crippen LogP contribution in [-0.4, -0.2) is 23.7 Å². The lowest BCUT2D eigenvalue weighted by Gasteiger charge is -2.10. The number of nitrogens with zero attached hydrogens (tertiary/aromatic N) is 1. The zero-order chi connectivity index (χ0) is 16.8. The molecule has 0 spiro atoms. The second-order valence-electron chi connectivity index (χ2n) is 4.21. The summed E-state index contributed by atoms with van der Waals surface area (Å²) < 4.78 is 5.04. The van der Waals surface area contributed by atoms with Gasteiger partial charge in [0.05, 0.1) is 5.57 Å². The minimum atomic E-state index is -0.516. The molecular formula is C17H30NO3+. The van der Waals surface area contributed by atoms with E-state index in [-0.39, 0.29) is 5.76 Å². The Balaban J connectivity index is 0. The zero-order valence-electron chi connectivity index (χ0n) is 14.3. The fourth-order valence-corrected chi connectivity index (χ4v) is 1.66. The van der Waals surface area contributed by atoms with Crippen molar-refractivity contribution >= 4 is 5.97 Å². The number of allylic oxidation sites excluding steroid dienone is 1. The number of aliphatic hydroxyl groups excluding tert-OH is 1. The molecule has 0 fully saturated rings. The Labute approximate surface area is 129 Å². The summed E-state index contributed by atoms with van der Waals surface area (Å²) in [6.45, 7) is 17.2. The van der Waals surface area contributed by atoms with Crippen molar-refractivity contribution in [2.24, 2.45) is 0 Å². The van der Waals surface area contributed by atoms with E-state index in [0.717, 1.165) is 18.4 Å². The third-order valence-electron chi connectivity index (χ3n) is 2.74. The second kappa shape index (κ2) is 13.2. The fraction of sp³-hybridized carbons (Fsp3) is 0.647. The van der Waals surface area contributed by atoms with Gasteiger partial charge in [0, 0.05) is 12.8 Å². The van der Waals surface area contributed by atoms with Gasteiger partial charge >= 0.3 is 5.97 Å². The maximum atomic E-state index is 11.2.